The number of fused-ring (bicyclic) bond motifs is 1. The van der Waals surface area contributed by atoms with Crippen molar-refractivity contribution in [1.29, 1.82) is 0 Å². The molecule has 0 aliphatic carbocycles. The van der Waals surface area contributed by atoms with Crippen LogP contribution < -0.4 is 0 Å². The van der Waals surface area contributed by atoms with Crippen LogP contribution in [0.2, 0.25) is 0 Å². The number of aromatic amines is 1. The van der Waals surface area contributed by atoms with E-state index in [0.717, 1.165) is 9.09 Å². The van der Waals surface area contributed by atoms with Crippen molar-refractivity contribution in [3.8, 4) is 0 Å². The fourth-order valence-electron chi connectivity index (χ4n) is 1.15. The molecule has 13 heavy (non-hydrogen) atoms. The van der Waals surface area contributed by atoms with Gasteiger partial charge in [-0.3, -0.25) is 0 Å². The predicted octanol–water partition coefficient (Wildman–Crippen LogP) is 3.11. The van der Waals surface area contributed by atoms with Gasteiger partial charge in [0.15, 0.2) is 0 Å². The van der Waals surface area contributed by atoms with E-state index < -0.39 is 6.43 Å². The number of halogens is 3. The number of nitrogens with zero attached hydrogens (tertiary/aromatic N) is 1. The third-order valence-corrected chi connectivity index (χ3v) is 2.57. The number of hydrogen-bond donors (Lipinski definition) is 1. The zero-order chi connectivity index (χ0) is 9.42. The number of H-pyrrole nitrogens is 1. The van der Waals surface area contributed by atoms with Crippen molar-refractivity contribution in [2.24, 2.45) is 0 Å². The second kappa shape index (κ2) is 3.21. The molecule has 0 saturated carbocycles. The van der Waals surface area contributed by atoms with Gasteiger partial charge in [0, 0.05) is 9.13 Å². The van der Waals surface area contributed by atoms with Gasteiger partial charge < -0.3 is 4.98 Å². The van der Waals surface area contributed by atoms with Gasteiger partial charge >= 0.3 is 0 Å². The summed E-state index contributed by atoms with van der Waals surface area (Å²) in [6.45, 7) is 0. The average Bonchev–Trinajstić information content (AvgIpc) is 2.51. The first-order valence-corrected chi connectivity index (χ1v) is 4.67. The standard InChI is InChI=1S/C8H5F2IN2/c9-8(10)4-1-5(11)7-6(2-4)12-3-13-7/h1-3,8H,(H,12,13). The Balaban J connectivity index is 2.70. The summed E-state index contributed by atoms with van der Waals surface area (Å²) in [6.07, 6.45) is -0.927. The van der Waals surface area contributed by atoms with Crippen LogP contribution in [0.5, 0.6) is 0 Å². The van der Waals surface area contributed by atoms with Crippen LogP contribution >= 0.6 is 22.6 Å². The summed E-state index contributed by atoms with van der Waals surface area (Å²) in [5, 5.41) is 0. The minimum atomic E-state index is -2.43. The van der Waals surface area contributed by atoms with Crippen molar-refractivity contribution in [2.45, 2.75) is 6.43 Å². The van der Waals surface area contributed by atoms with Gasteiger partial charge in [-0.25, -0.2) is 13.8 Å². The summed E-state index contributed by atoms with van der Waals surface area (Å²) in [6, 6.07) is 2.88. The third-order valence-electron chi connectivity index (χ3n) is 1.75. The summed E-state index contributed by atoms with van der Waals surface area (Å²) < 4.78 is 25.4. The lowest BCUT2D eigenvalue weighted by molar-refractivity contribution is 0.151. The second-order valence-corrected chi connectivity index (χ2v) is 3.76. The molecule has 1 aromatic heterocycles. The molecule has 1 N–H and O–H groups in total. The molecule has 1 aromatic carbocycles. The lowest BCUT2D eigenvalue weighted by Crippen LogP contribution is -1.86. The fraction of sp³-hybridized carbons (Fsp3) is 0.125. The SMILES string of the molecule is FC(F)c1cc(I)c2nc[nH]c2c1. The maximum atomic E-state index is 12.3. The molecule has 2 nitrogen and oxygen atoms in total. The van der Waals surface area contributed by atoms with E-state index in [0.29, 0.717) is 5.52 Å². The quantitative estimate of drug-likeness (QED) is 0.804. The van der Waals surface area contributed by atoms with E-state index in [-0.39, 0.29) is 5.56 Å². The minimum Gasteiger partial charge on any atom is -0.345 e. The van der Waals surface area contributed by atoms with Crippen LogP contribution in [0.25, 0.3) is 11.0 Å². The zero-order valence-electron chi connectivity index (χ0n) is 6.39. The first kappa shape index (κ1) is 8.86. The molecule has 5 heteroatoms. The molecule has 0 bridgehead atoms. The third kappa shape index (κ3) is 1.52. The lowest BCUT2D eigenvalue weighted by Gasteiger charge is -2.00. The molecule has 0 fully saturated rings. The molecular formula is C8H5F2IN2. The fourth-order valence-corrected chi connectivity index (χ4v) is 1.94. The van der Waals surface area contributed by atoms with Gasteiger partial charge in [0.1, 0.15) is 5.52 Å². The first-order chi connectivity index (χ1) is 6.18. The van der Waals surface area contributed by atoms with Gasteiger partial charge in [-0.1, -0.05) is 0 Å². The Bertz CT molecular complexity index is 439. The van der Waals surface area contributed by atoms with Gasteiger partial charge in [0.25, 0.3) is 6.43 Å². The van der Waals surface area contributed by atoms with E-state index in [1.54, 1.807) is 0 Å². The van der Waals surface area contributed by atoms with Crippen molar-refractivity contribution in [2.75, 3.05) is 0 Å². The molecule has 0 saturated heterocycles. The normalized spacial score (nSPS) is 11.4. The zero-order valence-corrected chi connectivity index (χ0v) is 8.55. The summed E-state index contributed by atoms with van der Waals surface area (Å²) >= 11 is 2.00. The van der Waals surface area contributed by atoms with Crippen molar-refractivity contribution >= 4 is 33.6 Å². The second-order valence-electron chi connectivity index (χ2n) is 2.60. The molecule has 1 heterocycles. The highest BCUT2D eigenvalue weighted by Gasteiger charge is 2.11. The Labute approximate surface area is 86.5 Å². The molecule has 0 spiro atoms. The Morgan fingerprint density at radius 1 is 1.38 bits per heavy atom. The summed E-state index contributed by atoms with van der Waals surface area (Å²) in [4.78, 5) is 6.82. The van der Waals surface area contributed by atoms with E-state index in [1.165, 1.54) is 18.5 Å². The van der Waals surface area contributed by atoms with Crippen LogP contribution in [0.15, 0.2) is 18.5 Å². The molecule has 0 atom stereocenters. The molecule has 0 radical (unpaired) electrons. The number of hydrogen-bond acceptors (Lipinski definition) is 1. The van der Waals surface area contributed by atoms with Gasteiger partial charge in [-0.05, 0) is 34.7 Å². The Morgan fingerprint density at radius 2 is 2.15 bits per heavy atom. The van der Waals surface area contributed by atoms with Crippen molar-refractivity contribution in [1.82, 2.24) is 9.97 Å². The van der Waals surface area contributed by atoms with E-state index in [2.05, 4.69) is 9.97 Å². The number of rotatable bonds is 1. The summed E-state index contributed by atoms with van der Waals surface area (Å²) in [5.41, 5.74) is 1.42. The average molecular weight is 294 g/mol. The van der Waals surface area contributed by atoms with Crippen LogP contribution in [0.4, 0.5) is 8.78 Å². The largest absolute Gasteiger partial charge is 0.345 e. The molecule has 68 valence electrons. The van der Waals surface area contributed by atoms with Gasteiger partial charge in [-0.2, -0.15) is 0 Å². The maximum Gasteiger partial charge on any atom is 0.263 e. The van der Waals surface area contributed by atoms with E-state index in [4.69, 9.17) is 0 Å². The molecule has 0 aliphatic rings. The van der Waals surface area contributed by atoms with E-state index >= 15 is 0 Å². The Kier molecular flexibility index (Phi) is 2.19. The molecule has 2 aromatic rings. The highest BCUT2D eigenvalue weighted by molar-refractivity contribution is 14.1. The molecule has 0 unspecified atom stereocenters. The summed E-state index contributed by atoms with van der Waals surface area (Å²) in [5.74, 6) is 0. The lowest BCUT2D eigenvalue weighted by atomic mass is 10.2. The highest BCUT2D eigenvalue weighted by Crippen LogP contribution is 2.25. The van der Waals surface area contributed by atoms with E-state index in [9.17, 15) is 8.78 Å². The van der Waals surface area contributed by atoms with Crippen LogP contribution in [0.3, 0.4) is 0 Å². The molecular weight excluding hydrogens is 289 g/mol. The Morgan fingerprint density at radius 3 is 2.85 bits per heavy atom. The monoisotopic (exact) mass is 294 g/mol. The maximum absolute atomic E-state index is 12.3. The smallest absolute Gasteiger partial charge is 0.263 e. The first-order valence-electron chi connectivity index (χ1n) is 3.59. The summed E-state index contributed by atoms with van der Waals surface area (Å²) in [7, 11) is 0. The van der Waals surface area contributed by atoms with Crippen molar-refractivity contribution in [3.63, 3.8) is 0 Å². The van der Waals surface area contributed by atoms with Crippen LogP contribution in [0.1, 0.15) is 12.0 Å². The number of imidazole rings is 1. The number of nitrogens with one attached hydrogen (secondary N) is 1. The predicted molar refractivity (Wildman–Crippen MR) is 53.8 cm³/mol. The Hall–Kier alpha value is -0.720. The van der Waals surface area contributed by atoms with E-state index in [1.807, 2.05) is 22.6 Å². The van der Waals surface area contributed by atoms with Gasteiger partial charge in [0.05, 0.1) is 11.8 Å². The van der Waals surface area contributed by atoms with Gasteiger partial charge in [-0.15, -0.1) is 0 Å². The van der Waals surface area contributed by atoms with Crippen molar-refractivity contribution in [3.05, 3.63) is 27.6 Å². The van der Waals surface area contributed by atoms with Crippen LogP contribution in [0, 0.1) is 3.57 Å². The number of alkyl halides is 2. The number of aromatic nitrogens is 2. The molecule has 0 amide bonds. The highest BCUT2D eigenvalue weighted by atomic mass is 127. The van der Waals surface area contributed by atoms with Crippen LogP contribution in [-0.4, -0.2) is 9.97 Å². The van der Waals surface area contributed by atoms with Gasteiger partial charge in [0.2, 0.25) is 0 Å². The minimum absolute atomic E-state index is 0.0288. The molecule has 2 rings (SSSR count). The molecule has 0 aliphatic heterocycles. The van der Waals surface area contributed by atoms with Crippen LogP contribution in [-0.2, 0) is 0 Å². The number of benzene rings is 1. The van der Waals surface area contributed by atoms with Crippen molar-refractivity contribution < 1.29 is 8.78 Å². The topological polar surface area (TPSA) is 28.7 Å².